The lowest BCUT2D eigenvalue weighted by atomic mass is 10.1. The molecule has 0 saturated carbocycles. The zero-order valence-corrected chi connectivity index (χ0v) is 12.0. The Morgan fingerprint density at radius 2 is 1.67 bits per heavy atom. The molecule has 0 spiro atoms. The van der Waals surface area contributed by atoms with Crippen molar-refractivity contribution in [3.05, 3.63) is 35.6 Å². The first-order valence-corrected chi connectivity index (χ1v) is 6.93. The summed E-state index contributed by atoms with van der Waals surface area (Å²) in [7, 11) is 1.56. The third-order valence-electron chi connectivity index (χ3n) is 3.53. The summed E-state index contributed by atoms with van der Waals surface area (Å²) >= 11 is 0. The third-order valence-corrected chi connectivity index (χ3v) is 3.53. The van der Waals surface area contributed by atoms with Gasteiger partial charge < -0.3 is 14.5 Å². The van der Waals surface area contributed by atoms with Crippen molar-refractivity contribution in [3.63, 3.8) is 0 Å². The van der Waals surface area contributed by atoms with Gasteiger partial charge in [-0.25, -0.2) is 4.39 Å². The SMILES string of the molecule is COCCC(=O)N1CCN(C(=O)c2ccc(F)cc2)CC1. The fourth-order valence-electron chi connectivity index (χ4n) is 2.28. The predicted molar refractivity (Wildman–Crippen MR) is 75.4 cm³/mol. The van der Waals surface area contributed by atoms with Crippen molar-refractivity contribution < 1.29 is 18.7 Å². The summed E-state index contributed by atoms with van der Waals surface area (Å²) in [6.07, 6.45) is 0.364. The average Bonchev–Trinajstić information content (AvgIpc) is 2.53. The van der Waals surface area contributed by atoms with E-state index in [1.54, 1.807) is 16.9 Å². The molecule has 114 valence electrons. The van der Waals surface area contributed by atoms with Crippen molar-refractivity contribution in [2.24, 2.45) is 0 Å². The van der Waals surface area contributed by atoms with E-state index >= 15 is 0 Å². The van der Waals surface area contributed by atoms with Crippen LogP contribution in [0.1, 0.15) is 16.8 Å². The molecule has 1 heterocycles. The Bertz CT molecular complexity index is 496. The van der Waals surface area contributed by atoms with E-state index in [1.165, 1.54) is 24.3 Å². The molecule has 0 N–H and O–H groups in total. The maximum absolute atomic E-state index is 12.9. The van der Waals surface area contributed by atoms with Crippen LogP contribution in [0, 0.1) is 5.82 Å². The van der Waals surface area contributed by atoms with Crippen molar-refractivity contribution in [2.45, 2.75) is 6.42 Å². The van der Waals surface area contributed by atoms with Crippen LogP contribution in [0.2, 0.25) is 0 Å². The summed E-state index contributed by atoms with van der Waals surface area (Å²) in [4.78, 5) is 27.5. The van der Waals surface area contributed by atoms with E-state index in [-0.39, 0.29) is 17.6 Å². The molecule has 1 aliphatic heterocycles. The van der Waals surface area contributed by atoms with E-state index < -0.39 is 0 Å². The molecule has 0 radical (unpaired) electrons. The molecule has 0 atom stereocenters. The Morgan fingerprint density at radius 3 is 2.24 bits per heavy atom. The van der Waals surface area contributed by atoms with Gasteiger partial charge >= 0.3 is 0 Å². The first kappa shape index (κ1) is 15.4. The van der Waals surface area contributed by atoms with Crippen molar-refractivity contribution in [1.82, 2.24) is 9.80 Å². The topological polar surface area (TPSA) is 49.9 Å². The molecule has 1 aromatic carbocycles. The minimum atomic E-state index is -0.361. The summed E-state index contributed by atoms with van der Waals surface area (Å²) in [5.41, 5.74) is 0.468. The number of carbonyl (C=O) groups excluding carboxylic acids is 2. The normalized spacial score (nSPS) is 15.1. The van der Waals surface area contributed by atoms with E-state index in [0.29, 0.717) is 44.8 Å². The standard InChI is InChI=1S/C15H19FN2O3/c1-21-11-6-14(19)17-7-9-18(10-8-17)15(20)12-2-4-13(16)5-3-12/h2-5H,6-11H2,1H3. The lowest BCUT2D eigenvalue weighted by Crippen LogP contribution is -2.50. The number of carbonyl (C=O) groups is 2. The van der Waals surface area contributed by atoms with Crippen LogP contribution in [0.4, 0.5) is 4.39 Å². The molecular weight excluding hydrogens is 275 g/mol. The van der Waals surface area contributed by atoms with Crippen molar-refractivity contribution in [2.75, 3.05) is 39.9 Å². The quantitative estimate of drug-likeness (QED) is 0.837. The first-order chi connectivity index (χ1) is 10.1. The smallest absolute Gasteiger partial charge is 0.253 e. The molecule has 1 fully saturated rings. The van der Waals surface area contributed by atoms with Gasteiger partial charge in [0.1, 0.15) is 5.82 Å². The van der Waals surface area contributed by atoms with Crippen molar-refractivity contribution >= 4 is 11.8 Å². The second-order valence-corrected chi connectivity index (χ2v) is 4.92. The van der Waals surface area contributed by atoms with Crippen LogP contribution in [0.25, 0.3) is 0 Å². The molecule has 21 heavy (non-hydrogen) atoms. The van der Waals surface area contributed by atoms with E-state index in [2.05, 4.69) is 0 Å². The molecule has 1 aromatic rings. The molecule has 0 aliphatic carbocycles. The second-order valence-electron chi connectivity index (χ2n) is 4.92. The number of rotatable bonds is 4. The molecule has 6 heteroatoms. The highest BCUT2D eigenvalue weighted by molar-refractivity contribution is 5.94. The third kappa shape index (κ3) is 4.01. The van der Waals surface area contributed by atoms with Gasteiger partial charge in [-0.3, -0.25) is 9.59 Å². The number of methoxy groups -OCH3 is 1. The zero-order chi connectivity index (χ0) is 15.2. The molecule has 5 nitrogen and oxygen atoms in total. The van der Waals surface area contributed by atoms with Gasteiger partial charge in [0.2, 0.25) is 5.91 Å². The van der Waals surface area contributed by atoms with Crippen LogP contribution >= 0.6 is 0 Å². The molecule has 0 unspecified atom stereocenters. The van der Waals surface area contributed by atoms with Gasteiger partial charge in [0.05, 0.1) is 13.0 Å². The van der Waals surface area contributed by atoms with E-state index in [1.807, 2.05) is 0 Å². The second kappa shape index (κ2) is 7.17. The maximum atomic E-state index is 12.9. The Hall–Kier alpha value is -1.95. The Labute approximate surface area is 123 Å². The minimum absolute atomic E-state index is 0.0470. The Morgan fingerprint density at radius 1 is 1.10 bits per heavy atom. The van der Waals surface area contributed by atoms with Gasteiger partial charge in [0.15, 0.2) is 0 Å². The lowest BCUT2D eigenvalue weighted by molar-refractivity contribution is -0.133. The highest BCUT2D eigenvalue weighted by atomic mass is 19.1. The molecular formula is C15H19FN2O3. The summed E-state index contributed by atoms with van der Waals surface area (Å²) < 4.78 is 17.7. The number of nitrogens with zero attached hydrogens (tertiary/aromatic N) is 2. The van der Waals surface area contributed by atoms with E-state index in [4.69, 9.17) is 4.74 Å². The van der Waals surface area contributed by atoms with Crippen LogP contribution < -0.4 is 0 Å². The summed E-state index contributed by atoms with van der Waals surface area (Å²) in [5.74, 6) is -0.440. The first-order valence-electron chi connectivity index (χ1n) is 6.93. The van der Waals surface area contributed by atoms with Gasteiger partial charge in [-0.05, 0) is 24.3 Å². The average molecular weight is 294 g/mol. The van der Waals surface area contributed by atoms with Crippen LogP contribution in [0.15, 0.2) is 24.3 Å². The number of benzene rings is 1. The van der Waals surface area contributed by atoms with Crippen LogP contribution in [0.3, 0.4) is 0 Å². The maximum Gasteiger partial charge on any atom is 0.253 e. The fourth-order valence-corrected chi connectivity index (χ4v) is 2.28. The van der Waals surface area contributed by atoms with Crippen LogP contribution in [0.5, 0.6) is 0 Å². The highest BCUT2D eigenvalue weighted by Gasteiger charge is 2.24. The monoisotopic (exact) mass is 294 g/mol. The molecule has 2 rings (SSSR count). The van der Waals surface area contributed by atoms with E-state index in [9.17, 15) is 14.0 Å². The molecule has 2 amide bonds. The van der Waals surface area contributed by atoms with Gasteiger partial charge in [-0.2, -0.15) is 0 Å². The van der Waals surface area contributed by atoms with Gasteiger partial charge in [-0.15, -0.1) is 0 Å². The lowest BCUT2D eigenvalue weighted by Gasteiger charge is -2.34. The zero-order valence-electron chi connectivity index (χ0n) is 12.0. The molecule has 1 saturated heterocycles. The number of amides is 2. The number of ether oxygens (including phenoxy) is 1. The summed E-state index contributed by atoms with van der Waals surface area (Å²) in [5, 5.41) is 0. The molecule has 1 aliphatic rings. The van der Waals surface area contributed by atoms with Crippen LogP contribution in [-0.2, 0) is 9.53 Å². The largest absolute Gasteiger partial charge is 0.384 e. The Balaban J connectivity index is 1.87. The number of piperazine rings is 1. The molecule has 0 bridgehead atoms. The van der Waals surface area contributed by atoms with Gasteiger partial charge in [0, 0.05) is 38.9 Å². The van der Waals surface area contributed by atoms with Gasteiger partial charge in [-0.1, -0.05) is 0 Å². The number of halogens is 1. The molecule has 0 aromatic heterocycles. The summed E-state index contributed by atoms with van der Waals surface area (Å²) in [6.45, 7) is 2.45. The number of hydrogen-bond donors (Lipinski definition) is 0. The van der Waals surface area contributed by atoms with Crippen molar-refractivity contribution in [1.29, 1.82) is 0 Å². The minimum Gasteiger partial charge on any atom is -0.384 e. The van der Waals surface area contributed by atoms with Gasteiger partial charge in [0.25, 0.3) is 5.91 Å². The van der Waals surface area contributed by atoms with Crippen LogP contribution in [-0.4, -0.2) is 61.5 Å². The highest BCUT2D eigenvalue weighted by Crippen LogP contribution is 2.10. The Kier molecular flexibility index (Phi) is 5.27. The summed E-state index contributed by atoms with van der Waals surface area (Å²) in [6, 6.07) is 5.51. The fraction of sp³-hybridized carbons (Fsp3) is 0.467. The van der Waals surface area contributed by atoms with Crippen molar-refractivity contribution in [3.8, 4) is 0 Å². The van der Waals surface area contributed by atoms with E-state index in [0.717, 1.165) is 0 Å². The predicted octanol–water partition coefficient (Wildman–Crippen LogP) is 1.15. The number of hydrogen-bond acceptors (Lipinski definition) is 3.